The topological polar surface area (TPSA) is 77.4 Å². The summed E-state index contributed by atoms with van der Waals surface area (Å²) in [7, 11) is -3.63. The minimum absolute atomic E-state index is 0.137. The van der Waals surface area contributed by atoms with E-state index in [4.69, 9.17) is 14.3 Å². The van der Waals surface area contributed by atoms with Crippen molar-refractivity contribution in [3.63, 3.8) is 0 Å². The van der Waals surface area contributed by atoms with Crippen LogP contribution in [0.5, 0.6) is 0 Å². The van der Waals surface area contributed by atoms with Gasteiger partial charge < -0.3 is 14.3 Å². The first kappa shape index (κ1) is 23.7. The number of oxime groups is 1. The van der Waals surface area contributed by atoms with Crippen molar-refractivity contribution in [2.45, 2.75) is 31.5 Å². The fraction of sp³-hybridized carbons (Fsp3) is 0.320. The first-order valence-corrected chi connectivity index (χ1v) is 12.7. The molecule has 2 saturated heterocycles. The molecule has 3 aliphatic rings. The largest absolute Gasteiger partial charge is 0.469 e. The number of halogens is 2. The molecule has 35 heavy (non-hydrogen) atoms. The van der Waals surface area contributed by atoms with E-state index in [1.165, 1.54) is 28.6 Å². The van der Waals surface area contributed by atoms with E-state index in [0.29, 0.717) is 34.6 Å². The zero-order valence-corrected chi connectivity index (χ0v) is 19.6. The van der Waals surface area contributed by atoms with Gasteiger partial charge in [0.25, 0.3) is 0 Å². The molecule has 2 heterocycles. The molecule has 2 fully saturated rings. The minimum Gasteiger partial charge on any atom is -0.469 e. The second kappa shape index (κ2) is 9.88. The van der Waals surface area contributed by atoms with Crippen molar-refractivity contribution in [2.24, 2.45) is 5.16 Å². The lowest BCUT2D eigenvalue weighted by Gasteiger charge is -2.29. The summed E-state index contributed by atoms with van der Waals surface area (Å²) >= 11 is 0. The lowest BCUT2D eigenvalue weighted by Crippen LogP contribution is -2.40. The van der Waals surface area contributed by atoms with Crippen molar-refractivity contribution in [3.05, 3.63) is 94.1 Å². The number of hydrogen-bond acceptors (Lipinski definition) is 6. The van der Waals surface area contributed by atoms with Crippen LogP contribution in [0.25, 0.3) is 0 Å². The average molecular weight is 503 g/mol. The molecule has 0 amide bonds. The van der Waals surface area contributed by atoms with Gasteiger partial charge in [-0.3, -0.25) is 0 Å². The van der Waals surface area contributed by atoms with E-state index in [1.54, 1.807) is 36.4 Å². The van der Waals surface area contributed by atoms with Gasteiger partial charge in [-0.15, -0.1) is 0 Å². The Morgan fingerprint density at radius 3 is 2.14 bits per heavy atom. The first-order valence-electron chi connectivity index (χ1n) is 11.3. The van der Waals surface area contributed by atoms with Gasteiger partial charge in [0.15, 0.2) is 12.9 Å². The van der Waals surface area contributed by atoms with Gasteiger partial charge in [0, 0.05) is 32.4 Å². The molecule has 1 unspecified atom stereocenters. The normalized spacial score (nSPS) is 20.7. The number of hydrogen-bond donors (Lipinski definition) is 0. The van der Waals surface area contributed by atoms with Crippen LogP contribution < -0.4 is 0 Å². The van der Waals surface area contributed by atoms with Gasteiger partial charge in [-0.05, 0) is 47.5 Å². The van der Waals surface area contributed by atoms with Crippen molar-refractivity contribution in [1.29, 1.82) is 0 Å². The summed E-state index contributed by atoms with van der Waals surface area (Å²) in [6.45, 7) is 0.689. The monoisotopic (exact) mass is 502 g/mol. The van der Waals surface area contributed by atoms with Gasteiger partial charge >= 0.3 is 0 Å². The molecule has 2 aliphatic heterocycles. The standard InChI is InChI=1S/C25H24F2N2O5S/c26-19-5-1-17(2-6-19)25(18-3-7-20(27)8-4-18)34-28-21-11-13-29(14-12-21)35(30,31)22-9-10-23-24(15-22)33-16-32-23/h1-10,24-25H,11-16H2. The molecule has 0 N–H and O–H groups in total. The number of benzene rings is 2. The number of rotatable bonds is 6. The van der Waals surface area contributed by atoms with Crippen LogP contribution in [-0.4, -0.2) is 44.4 Å². The number of sulfonamides is 1. The number of piperidine rings is 1. The molecule has 0 bridgehead atoms. The van der Waals surface area contributed by atoms with Gasteiger partial charge in [0.1, 0.15) is 23.5 Å². The highest BCUT2D eigenvalue weighted by Crippen LogP contribution is 2.32. The number of allylic oxidation sites excluding steroid dienone is 2. The van der Waals surface area contributed by atoms with E-state index in [1.807, 2.05) is 0 Å². The number of nitrogens with zero attached hydrogens (tertiary/aromatic N) is 2. The van der Waals surface area contributed by atoms with Crippen LogP contribution in [-0.2, 0) is 24.3 Å². The molecular formula is C25H24F2N2O5S. The van der Waals surface area contributed by atoms with Crippen molar-refractivity contribution in [1.82, 2.24) is 4.31 Å². The first-order chi connectivity index (χ1) is 16.9. The molecule has 0 saturated carbocycles. The predicted octanol–water partition coefficient (Wildman–Crippen LogP) is 4.40. The molecule has 5 rings (SSSR count). The average Bonchev–Trinajstić information content (AvgIpc) is 3.35. The summed E-state index contributed by atoms with van der Waals surface area (Å²) in [6, 6.07) is 11.7. The molecule has 7 nitrogen and oxygen atoms in total. The molecule has 2 aromatic carbocycles. The van der Waals surface area contributed by atoms with Crippen LogP contribution in [0.2, 0.25) is 0 Å². The Labute approximate surface area is 202 Å². The Morgan fingerprint density at radius 1 is 0.943 bits per heavy atom. The molecule has 184 valence electrons. The molecule has 1 aliphatic carbocycles. The molecule has 0 aromatic heterocycles. The molecule has 0 radical (unpaired) electrons. The van der Waals surface area contributed by atoms with Gasteiger partial charge in [0.2, 0.25) is 10.0 Å². The lowest BCUT2D eigenvalue weighted by molar-refractivity contribution is 0.0505. The van der Waals surface area contributed by atoms with E-state index < -0.39 is 16.1 Å². The smallest absolute Gasteiger partial charge is 0.239 e. The third-order valence-electron chi connectivity index (χ3n) is 6.24. The molecular weight excluding hydrogens is 478 g/mol. The molecule has 2 aromatic rings. The number of fused-ring (bicyclic) bond motifs is 1. The van der Waals surface area contributed by atoms with Crippen LogP contribution in [0.1, 0.15) is 36.5 Å². The van der Waals surface area contributed by atoms with Crippen molar-refractivity contribution >= 4 is 15.7 Å². The van der Waals surface area contributed by atoms with Crippen molar-refractivity contribution in [2.75, 3.05) is 19.9 Å². The van der Waals surface area contributed by atoms with Crippen LogP contribution in [0.15, 0.2) is 76.5 Å². The van der Waals surface area contributed by atoms with E-state index >= 15 is 0 Å². The third kappa shape index (κ3) is 5.14. The van der Waals surface area contributed by atoms with Crippen molar-refractivity contribution < 1.29 is 31.5 Å². The van der Waals surface area contributed by atoms with Crippen LogP contribution in [0, 0.1) is 11.6 Å². The summed E-state index contributed by atoms with van der Waals surface area (Å²) < 4.78 is 65.3. The Balaban J connectivity index is 1.27. The SMILES string of the molecule is O=S(=O)(C1=CC=C2OCOC2C1)N1CCC(=NOC(c2ccc(F)cc2)c2ccc(F)cc2)CC1. The van der Waals surface area contributed by atoms with Gasteiger partial charge in [0.05, 0.1) is 10.6 Å². The quantitative estimate of drug-likeness (QED) is 0.548. The summed E-state index contributed by atoms with van der Waals surface area (Å²) in [6.07, 6.45) is 3.31. The summed E-state index contributed by atoms with van der Waals surface area (Å²) in [4.78, 5) is 6.15. The minimum atomic E-state index is -3.63. The molecule has 1 atom stereocenters. The third-order valence-corrected chi connectivity index (χ3v) is 8.25. The van der Waals surface area contributed by atoms with Crippen molar-refractivity contribution in [3.8, 4) is 0 Å². The Bertz CT molecular complexity index is 1220. The van der Waals surface area contributed by atoms with Gasteiger partial charge in [-0.1, -0.05) is 29.4 Å². The Morgan fingerprint density at radius 2 is 1.54 bits per heavy atom. The van der Waals surface area contributed by atoms with Gasteiger partial charge in [-0.25, -0.2) is 17.2 Å². The van der Waals surface area contributed by atoms with Crippen LogP contribution >= 0.6 is 0 Å². The summed E-state index contributed by atoms with van der Waals surface area (Å²) in [5, 5.41) is 4.30. The van der Waals surface area contributed by atoms with E-state index in [0.717, 1.165) is 5.71 Å². The zero-order chi connectivity index (χ0) is 24.4. The highest BCUT2D eigenvalue weighted by molar-refractivity contribution is 7.93. The maximum absolute atomic E-state index is 13.4. The number of ether oxygens (including phenoxy) is 2. The molecule has 10 heteroatoms. The highest BCUT2D eigenvalue weighted by atomic mass is 32.2. The Kier molecular flexibility index (Phi) is 6.68. The second-order valence-electron chi connectivity index (χ2n) is 8.47. The molecule has 0 spiro atoms. The van der Waals surface area contributed by atoms with Crippen LogP contribution in [0.4, 0.5) is 8.78 Å². The predicted molar refractivity (Wildman–Crippen MR) is 124 cm³/mol. The van der Waals surface area contributed by atoms with Crippen LogP contribution in [0.3, 0.4) is 0 Å². The van der Waals surface area contributed by atoms with E-state index in [-0.39, 0.29) is 44.0 Å². The van der Waals surface area contributed by atoms with Gasteiger partial charge in [-0.2, -0.15) is 4.31 Å². The lowest BCUT2D eigenvalue weighted by atomic mass is 10.0. The Hall–Kier alpha value is -3.08. The zero-order valence-electron chi connectivity index (χ0n) is 18.8. The maximum atomic E-state index is 13.4. The maximum Gasteiger partial charge on any atom is 0.239 e. The highest BCUT2D eigenvalue weighted by Gasteiger charge is 2.36. The summed E-state index contributed by atoms with van der Waals surface area (Å²) in [5.41, 5.74) is 2.05. The fourth-order valence-corrected chi connectivity index (χ4v) is 5.85. The fourth-order valence-electron chi connectivity index (χ4n) is 4.25. The summed E-state index contributed by atoms with van der Waals surface area (Å²) in [5.74, 6) is -0.0948. The van der Waals surface area contributed by atoms with E-state index in [9.17, 15) is 17.2 Å². The second-order valence-corrected chi connectivity index (χ2v) is 10.5. The van der Waals surface area contributed by atoms with E-state index in [2.05, 4.69) is 5.16 Å².